The summed E-state index contributed by atoms with van der Waals surface area (Å²) < 4.78 is 7.94. The lowest BCUT2D eigenvalue weighted by atomic mass is 10.2. The number of ether oxygens (including phenoxy) is 1. The standard InChI is InChI=1S/C17H12BrN3O2/c1-10-12(7-14(9-19)21(10)2)8-15-17(22)23-16(20-15)11-3-5-13(18)6-4-11/h3-8H,1-2H3. The number of hydrogen-bond donors (Lipinski definition) is 0. The zero-order valence-electron chi connectivity index (χ0n) is 12.5. The minimum atomic E-state index is -0.496. The summed E-state index contributed by atoms with van der Waals surface area (Å²) in [4.78, 5) is 16.3. The number of hydrogen-bond acceptors (Lipinski definition) is 4. The summed E-state index contributed by atoms with van der Waals surface area (Å²) in [5, 5.41) is 9.07. The lowest BCUT2D eigenvalue weighted by molar-refractivity contribution is -0.129. The summed E-state index contributed by atoms with van der Waals surface area (Å²) in [5.41, 5.74) is 3.14. The highest BCUT2D eigenvalue weighted by Gasteiger charge is 2.24. The molecule has 1 aliphatic rings. The number of nitriles is 1. The third-order valence-electron chi connectivity index (χ3n) is 3.69. The minimum Gasteiger partial charge on any atom is -0.402 e. The molecule has 1 aromatic carbocycles. The van der Waals surface area contributed by atoms with Crippen molar-refractivity contribution in [2.24, 2.45) is 12.0 Å². The van der Waals surface area contributed by atoms with E-state index in [0.29, 0.717) is 5.69 Å². The third kappa shape index (κ3) is 2.83. The molecule has 0 saturated carbocycles. The van der Waals surface area contributed by atoms with Crippen LogP contribution >= 0.6 is 15.9 Å². The maximum Gasteiger partial charge on any atom is 0.363 e. The molecule has 1 aliphatic heterocycles. The molecule has 6 heteroatoms. The molecule has 5 nitrogen and oxygen atoms in total. The van der Waals surface area contributed by atoms with E-state index in [0.717, 1.165) is 21.3 Å². The average molecular weight is 370 g/mol. The van der Waals surface area contributed by atoms with Gasteiger partial charge in [0.05, 0.1) is 0 Å². The summed E-state index contributed by atoms with van der Waals surface area (Å²) in [6, 6.07) is 11.2. The molecule has 1 aromatic heterocycles. The number of esters is 1. The van der Waals surface area contributed by atoms with Crippen LogP contribution in [0.15, 0.2) is 45.5 Å². The van der Waals surface area contributed by atoms with Crippen molar-refractivity contribution < 1.29 is 9.53 Å². The van der Waals surface area contributed by atoms with Gasteiger partial charge in [-0.3, -0.25) is 0 Å². The first-order valence-electron chi connectivity index (χ1n) is 6.84. The van der Waals surface area contributed by atoms with Crippen molar-refractivity contribution in [1.29, 1.82) is 5.26 Å². The summed E-state index contributed by atoms with van der Waals surface area (Å²) in [5.74, 6) is -0.215. The Bertz CT molecular complexity index is 899. The fourth-order valence-electron chi connectivity index (χ4n) is 2.25. The second kappa shape index (κ2) is 5.86. The van der Waals surface area contributed by atoms with Crippen molar-refractivity contribution in [3.05, 3.63) is 63.0 Å². The second-order valence-corrected chi connectivity index (χ2v) is 6.00. The fraction of sp³-hybridized carbons (Fsp3) is 0.118. The van der Waals surface area contributed by atoms with Gasteiger partial charge in [-0.05, 0) is 48.9 Å². The number of aromatic nitrogens is 1. The van der Waals surface area contributed by atoms with Gasteiger partial charge in [-0.1, -0.05) is 15.9 Å². The zero-order chi connectivity index (χ0) is 16.6. The van der Waals surface area contributed by atoms with Crippen LogP contribution in [0, 0.1) is 18.3 Å². The highest BCUT2D eigenvalue weighted by atomic mass is 79.9. The Balaban J connectivity index is 1.99. The van der Waals surface area contributed by atoms with Crippen LogP contribution in [0.5, 0.6) is 0 Å². The van der Waals surface area contributed by atoms with Gasteiger partial charge in [-0.2, -0.15) is 5.26 Å². The third-order valence-corrected chi connectivity index (χ3v) is 4.22. The fourth-order valence-corrected chi connectivity index (χ4v) is 2.51. The maximum absolute atomic E-state index is 12.0. The van der Waals surface area contributed by atoms with E-state index in [1.54, 1.807) is 23.8 Å². The first kappa shape index (κ1) is 15.3. The molecular formula is C17H12BrN3O2. The maximum atomic E-state index is 12.0. The second-order valence-electron chi connectivity index (χ2n) is 5.08. The van der Waals surface area contributed by atoms with Crippen LogP contribution in [0.2, 0.25) is 0 Å². The number of cyclic esters (lactones) is 1. The van der Waals surface area contributed by atoms with Gasteiger partial charge in [0.1, 0.15) is 11.8 Å². The molecule has 0 bridgehead atoms. The molecule has 0 radical (unpaired) electrons. The molecule has 0 atom stereocenters. The normalized spacial score (nSPS) is 15.5. The van der Waals surface area contributed by atoms with Crippen LogP contribution in [0.1, 0.15) is 22.5 Å². The summed E-state index contributed by atoms with van der Waals surface area (Å²) in [6.45, 7) is 1.88. The van der Waals surface area contributed by atoms with E-state index >= 15 is 0 Å². The smallest absolute Gasteiger partial charge is 0.363 e. The Morgan fingerprint density at radius 2 is 2.04 bits per heavy atom. The molecular weight excluding hydrogens is 358 g/mol. The first-order chi connectivity index (χ1) is 11.0. The van der Waals surface area contributed by atoms with E-state index in [2.05, 4.69) is 27.0 Å². The van der Waals surface area contributed by atoms with E-state index in [4.69, 9.17) is 10.00 Å². The van der Waals surface area contributed by atoms with Gasteiger partial charge >= 0.3 is 5.97 Å². The van der Waals surface area contributed by atoms with E-state index in [1.807, 2.05) is 31.2 Å². The van der Waals surface area contributed by atoms with Crippen molar-refractivity contribution in [2.75, 3.05) is 0 Å². The van der Waals surface area contributed by atoms with Crippen LogP contribution in [0.25, 0.3) is 6.08 Å². The van der Waals surface area contributed by atoms with Crippen molar-refractivity contribution in [3.63, 3.8) is 0 Å². The van der Waals surface area contributed by atoms with Crippen LogP contribution in [0.4, 0.5) is 0 Å². The van der Waals surface area contributed by atoms with Gasteiger partial charge in [-0.25, -0.2) is 9.79 Å². The monoisotopic (exact) mass is 369 g/mol. The average Bonchev–Trinajstić information content (AvgIpc) is 3.03. The van der Waals surface area contributed by atoms with Crippen LogP contribution < -0.4 is 0 Å². The Kier molecular flexibility index (Phi) is 3.89. The number of carbonyl (C=O) groups is 1. The molecule has 2 heterocycles. The number of nitrogens with zero attached hydrogens (tertiary/aromatic N) is 3. The Morgan fingerprint density at radius 1 is 1.35 bits per heavy atom. The quantitative estimate of drug-likeness (QED) is 0.602. The van der Waals surface area contributed by atoms with E-state index < -0.39 is 5.97 Å². The van der Waals surface area contributed by atoms with Crippen molar-refractivity contribution >= 4 is 33.9 Å². The number of aliphatic imine (C=N–C) groups is 1. The predicted octanol–water partition coefficient (Wildman–Crippen LogP) is 3.31. The van der Waals surface area contributed by atoms with E-state index in [9.17, 15) is 4.79 Å². The number of benzene rings is 1. The molecule has 0 spiro atoms. The molecule has 0 fully saturated rings. The molecule has 114 valence electrons. The molecule has 0 unspecified atom stereocenters. The highest BCUT2D eigenvalue weighted by molar-refractivity contribution is 9.10. The van der Waals surface area contributed by atoms with Gasteiger partial charge in [0.2, 0.25) is 5.90 Å². The zero-order valence-corrected chi connectivity index (χ0v) is 14.1. The molecule has 0 N–H and O–H groups in total. The lowest BCUT2D eigenvalue weighted by Gasteiger charge is -1.98. The summed E-state index contributed by atoms with van der Waals surface area (Å²) >= 11 is 3.36. The van der Waals surface area contributed by atoms with Crippen LogP contribution in [0.3, 0.4) is 0 Å². The van der Waals surface area contributed by atoms with Crippen LogP contribution in [-0.2, 0) is 16.6 Å². The predicted molar refractivity (Wildman–Crippen MR) is 89.6 cm³/mol. The first-order valence-corrected chi connectivity index (χ1v) is 7.64. The Hall–Kier alpha value is -2.65. The molecule has 0 saturated heterocycles. The molecule has 23 heavy (non-hydrogen) atoms. The van der Waals surface area contributed by atoms with E-state index in [-0.39, 0.29) is 11.6 Å². The van der Waals surface area contributed by atoms with Gasteiger partial charge in [0.15, 0.2) is 5.70 Å². The summed E-state index contributed by atoms with van der Waals surface area (Å²) in [7, 11) is 1.80. The van der Waals surface area contributed by atoms with Crippen molar-refractivity contribution in [1.82, 2.24) is 4.57 Å². The minimum absolute atomic E-state index is 0.223. The van der Waals surface area contributed by atoms with Crippen LogP contribution in [-0.4, -0.2) is 16.4 Å². The Morgan fingerprint density at radius 3 is 2.65 bits per heavy atom. The highest BCUT2D eigenvalue weighted by Crippen LogP contribution is 2.23. The van der Waals surface area contributed by atoms with Gasteiger partial charge in [0, 0.05) is 22.8 Å². The molecule has 3 rings (SSSR count). The number of carbonyl (C=O) groups excluding carboxylic acids is 1. The van der Waals surface area contributed by atoms with Crippen molar-refractivity contribution in [2.45, 2.75) is 6.92 Å². The Labute approximate surface area is 141 Å². The van der Waals surface area contributed by atoms with Gasteiger partial charge < -0.3 is 9.30 Å². The van der Waals surface area contributed by atoms with E-state index in [1.165, 1.54) is 0 Å². The summed E-state index contributed by atoms with van der Waals surface area (Å²) in [6.07, 6.45) is 1.64. The lowest BCUT2D eigenvalue weighted by Crippen LogP contribution is -2.05. The molecule has 0 aliphatic carbocycles. The SMILES string of the molecule is Cc1c(C=C2N=C(c3ccc(Br)cc3)OC2=O)cc(C#N)n1C. The van der Waals surface area contributed by atoms with Gasteiger partial charge in [0.25, 0.3) is 0 Å². The number of halogens is 1. The molecule has 0 amide bonds. The topological polar surface area (TPSA) is 67.4 Å². The largest absolute Gasteiger partial charge is 0.402 e. The number of rotatable bonds is 2. The van der Waals surface area contributed by atoms with Gasteiger partial charge in [-0.15, -0.1) is 0 Å². The molecule has 2 aromatic rings. The van der Waals surface area contributed by atoms with Crippen molar-refractivity contribution in [3.8, 4) is 6.07 Å².